The van der Waals surface area contributed by atoms with Crippen LogP contribution in [0, 0.1) is 11.2 Å². The first-order chi connectivity index (χ1) is 9.19. The Hall–Kier alpha value is -2.16. The summed E-state index contributed by atoms with van der Waals surface area (Å²) in [5.74, 6) is 0.438. The highest BCUT2D eigenvalue weighted by molar-refractivity contribution is 5.83. The van der Waals surface area contributed by atoms with Gasteiger partial charge in [-0.1, -0.05) is 31.2 Å². The van der Waals surface area contributed by atoms with Gasteiger partial charge in [-0.2, -0.15) is 0 Å². The molecule has 0 aliphatic rings. The molecule has 19 heavy (non-hydrogen) atoms. The fourth-order valence-electron chi connectivity index (χ4n) is 1.70. The molecule has 0 aliphatic carbocycles. The van der Waals surface area contributed by atoms with E-state index < -0.39 is 0 Å². The molecule has 2 nitrogen and oxygen atoms in total. The van der Waals surface area contributed by atoms with Gasteiger partial charge in [0.05, 0.1) is 0 Å². The highest BCUT2D eigenvalue weighted by atomic mass is 19.1. The molecule has 1 N–H and O–H groups in total. The number of nitrogens with one attached hydrogen (secondary N) is 1. The number of ether oxygens (including phenoxy) is 1. The third-order valence-electron chi connectivity index (χ3n) is 2.83. The summed E-state index contributed by atoms with van der Waals surface area (Å²) < 4.78 is 18.9. The molecule has 0 aromatic heterocycles. The molecule has 0 atom stereocenters. The average molecular weight is 257 g/mol. The van der Waals surface area contributed by atoms with E-state index in [1.165, 1.54) is 6.07 Å². The van der Waals surface area contributed by atoms with Crippen LogP contribution in [0.4, 0.5) is 4.39 Å². The molecule has 0 unspecified atom stereocenters. The Morgan fingerprint density at radius 2 is 1.79 bits per heavy atom. The molecule has 0 saturated carbocycles. The summed E-state index contributed by atoms with van der Waals surface area (Å²) >= 11 is 0. The van der Waals surface area contributed by atoms with E-state index in [0.29, 0.717) is 17.9 Å². The lowest BCUT2D eigenvalue weighted by atomic mass is 10.1. The van der Waals surface area contributed by atoms with Crippen molar-refractivity contribution < 1.29 is 9.13 Å². The topological polar surface area (TPSA) is 33.1 Å². The van der Waals surface area contributed by atoms with Crippen LogP contribution in [0.25, 0.3) is 0 Å². The van der Waals surface area contributed by atoms with Gasteiger partial charge in [-0.05, 0) is 36.2 Å². The fraction of sp³-hybridized carbons (Fsp3) is 0.188. The van der Waals surface area contributed by atoms with Crippen LogP contribution in [-0.2, 0) is 6.42 Å². The van der Waals surface area contributed by atoms with Crippen molar-refractivity contribution in [3.05, 3.63) is 59.9 Å². The molecule has 98 valence electrons. The lowest BCUT2D eigenvalue weighted by Gasteiger charge is -2.07. The van der Waals surface area contributed by atoms with Gasteiger partial charge in [0, 0.05) is 12.1 Å². The number of hydrogen-bond acceptors (Lipinski definition) is 2. The van der Waals surface area contributed by atoms with Crippen molar-refractivity contribution in [1.82, 2.24) is 0 Å². The Kier molecular flexibility index (Phi) is 4.29. The third-order valence-corrected chi connectivity index (χ3v) is 2.83. The summed E-state index contributed by atoms with van der Waals surface area (Å²) in [7, 11) is 0. The summed E-state index contributed by atoms with van der Waals surface area (Å²) in [5, 5.41) is 7.66. The summed E-state index contributed by atoms with van der Waals surface area (Å²) in [5.41, 5.74) is 1.76. The minimum Gasteiger partial charge on any atom is -0.454 e. The smallest absolute Gasteiger partial charge is 0.165 e. The zero-order valence-corrected chi connectivity index (χ0v) is 10.8. The van der Waals surface area contributed by atoms with Gasteiger partial charge in [0.1, 0.15) is 5.75 Å². The quantitative estimate of drug-likeness (QED) is 0.781. The second-order valence-corrected chi connectivity index (χ2v) is 4.31. The van der Waals surface area contributed by atoms with E-state index >= 15 is 0 Å². The van der Waals surface area contributed by atoms with Crippen molar-refractivity contribution in [3.63, 3.8) is 0 Å². The van der Waals surface area contributed by atoms with Crippen molar-refractivity contribution in [2.75, 3.05) is 0 Å². The van der Waals surface area contributed by atoms with E-state index in [-0.39, 0.29) is 11.6 Å². The molecule has 0 amide bonds. The lowest BCUT2D eigenvalue weighted by molar-refractivity contribution is 0.442. The van der Waals surface area contributed by atoms with Gasteiger partial charge in [-0.15, -0.1) is 0 Å². The monoisotopic (exact) mass is 257 g/mol. The molecule has 0 heterocycles. The molecule has 2 aromatic carbocycles. The van der Waals surface area contributed by atoms with Gasteiger partial charge in [0.25, 0.3) is 0 Å². The number of halogens is 1. The Labute approximate surface area is 112 Å². The first-order valence-electron chi connectivity index (χ1n) is 6.26. The van der Waals surface area contributed by atoms with Gasteiger partial charge in [-0.3, -0.25) is 0 Å². The van der Waals surface area contributed by atoms with Crippen molar-refractivity contribution >= 4 is 5.71 Å². The van der Waals surface area contributed by atoms with E-state index in [4.69, 9.17) is 10.1 Å². The number of benzene rings is 2. The summed E-state index contributed by atoms with van der Waals surface area (Å²) in [6.07, 6.45) is 1.41. The van der Waals surface area contributed by atoms with Crippen molar-refractivity contribution in [2.24, 2.45) is 0 Å². The Bertz CT molecular complexity index is 563. The Morgan fingerprint density at radius 3 is 2.42 bits per heavy atom. The van der Waals surface area contributed by atoms with E-state index in [1.54, 1.807) is 30.3 Å². The SMILES string of the molecule is CCC(=N)Cc1ccc(Oc2ccccc2F)cc1. The molecule has 2 rings (SSSR count). The van der Waals surface area contributed by atoms with E-state index in [0.717, 1.165) is 12.0 Å². The second kappa shape index (κ2) is 6.14. The predicted octanol–water partition coefficient (Wildman–Crippen LogP) is 4.59. The molecular weight excluding hydrogens is 241 g/mol. The van der Waals surface area contributed by atoms with Crippen LogP contribution in [0.3, 0.4) is 0 Å². The maximum atomic E-state index is 13.4. The second-order valence-electron chi connectivity index (χ2n) is 4.31. The molecule has 0 fully saturated rings. The van der Waals surface area contributed by atoms with Gasteiger partial charge in [0.2, 0.25) is 0 Å². The first-order valence-corrected chi connectivity index (χ1v) is 6.26. The summed E-state index contributed by atoms with van der Waals surface area (Å²) in [4.78, 5) is 0. The van der Waals surface area contributed by atoms with Crippen LogP contribution in [-0.4, -0.2) is 5.71 Å². The van der Waals surface area contributed by atoms with Gasteiger partial charge < -0.3 is 10.1 Å². The fourth-order valence-corrected chi connectivity index (χ4v) is 1.70. The highest BCUT2D eigenvalue weighted by Gasteiger charge is 2.03. The molecule has 0 spiro atoms. The zero-order chi connectivity index (χ0) is 13.7. The van der Waals surface area contributed by atoms with Crippen LogP contribution in [0.2, 0.25) is 0 Å². The van der Waals surface area contributed by atoms with Crippen molar-refractivity contribution in [3.8, 4) is 11.5 Å². The normalized spacial score (nSPS) is 10.2. The van der Waals surface area contributed by atoms with Gasteiger partial charge in [-0.25, -0.2) is 4.39 Å². The minimum absolute atomic E-state index is 0.219. The number of para-hydroxylation sites is 1. The van der Waals surface area contributed by atoms with Crippen LogP contribution in [0.15, 0.2) is 48.5 Å². The van der Waals surface area contributed by atoms with E-state index in [1.807, 2.05) is 19.1 Å². The van der Waals surface area contributed by atoms with Crippen LogP contribution >= 0.6 is 0 Å². The molecular formula is C16H16FNO. The van der Waals surface area contributed by atoms with E-state index in [9.17, 15) is 4.39 Å². The summed E-state index contributed by atoms with van der Waals surface area (Å²) in [6, 6.07) is 13.7. The van der Waals surface area contributed by atoms with Crippen LogP contribution < -0.4 is 4.74 Å². The zero-order valence-electron chi connectivity index (χ0n) is 10.8. The highest BCUT2D eigenvalue weighted by Crippen LogP contribution is 2.24. The Morgan fingerprint density at radius 1 is 1.11 bits per heavy atom. The standard InChI is InChI=1S/C16H16FNO/c1-2-13(18)11-12-7-9-14(10-8-12)19-16-6-4-3-5-15(16)17/h3-10,18H,2,11H2,1H3. The molecule has 0 saturated heterocycles. The molecule has 0 aliphatic heterocycles. The molecule has 0 bridgehead atoms. The Balaban J connectivity index is 2.07. The third kappa shape index (κ3) is 3.65. The predicted molar refractivity (Wildman–Crippen MR) is 74.6 cm³/mol. The number of hydrogen-bond donors (Lipinski definition) is 1. The van der Waals surface area contributed by atoms with Crippen molar-refractivity contribution in [2.45, 2.75) is 19.8 Å². The first kappa shape index (κ1) is 13.3. The largest absolute Gasteiger partial charge is 0.454 e. The van der Waals surface area contributed by atoms with Crippen LogP contribution in [0.5, 0.6) is 11.5 Å². The van der Waals surface area contributed by atoms with Crippen molar-refractivity contribution in [1.29, 1.82) is 5.41 Å². The molecule has 3 heteroatoms. The average Bonchev–Trinajstić information content (AvgIpc) is 2.43. The maximum absolute atomic E-state index is 13.4. The number of rotatable bonds is 5. The van der Waals surface area contributed by atoms with Gasteiger partial charge >= 0.3 is 0 Å². The summed E-state index contributed by atoms with van der Waals surface area (Å²) in [6.45, 7) is 1.97. The minimum atomic E-state index is -0.376. The molecule has 2 aromatic rings. The maximum Gasteiger partial charge on any atom is 0.165 e. The van der Waals surface area contributed by atoms with Crippen LogP contribution in [0.1, 0.15) is 18.9 Å². The molecule has 0 radical (unpaired) electrons. The van der Waals surface area contributed by atoms with E-state index in [2.05, 4.69) is 0 Å². The lowest BCUT2D eigenvalue weighted by Crippen LogP contribution is -1.98. The van der Waals surface area contributed by atoms with Gasteiger partial charge in [0.15, 0.2) is 11.6 Å².